The highest BCUT2D eigenvalue weighted by molar-refractivity contribution is 7.34. The van der Waals surface area contributed by atoms with E-state index in [4.69, 9.17) is 5.11 Å². The molecule has 17 heavy (non-hydrogen) atoms. The predicted octanol–water partition coefficient (Wildman–Crippen LogP) is 2.54. The molecule has 2 aromatic rings. The lowest BCUT2D eigenvalue weighted by atomic mass is 10.0. The van der Waals surface area contributed by atoms with E-state index in [0.29, 0.717) is 16.4 Å². The summed E-state index contributed by atoms with van der Waals surface area (Å²) in [7, 11) is -0.0585. The van der Waals surface area contributed by atoms with Crippen molar-refractivity contribution in [2.24, 2.45) is 0 Å². The van der Waals surface area contributed by atoms with Crippen LogP contribution in [0.25, 0.3) is 0 Å². The van der Waals surface area contributed by atoms with Crippen LogP contribution in [-0.4, -0.2) is 10.9 Å². The van der Waals surface area contributed by atoms with Gasteiger partial charge in [0.15, 0.2) is 14.2 Å². The molecule has 3 nitrogen and oxygen atoms in total. The number of phenols is 1. The molecule has 2 rings (SSSR count). The molecule has 4 heteroatoms. The Labute approximate surface area is 99.9 Å². The molecule has 0 aliphatic rings. The summed E-state index contributed by atoms with van der Waals surface area (Å²) < 4.78 is 10.6. The third-order valence-corrected chi connectivity index (χ3v) is 2.87. The summed E-state index contributed by atoms with van der Waals surface area (Å²) in [5.74, 6) is 0.00108. The molecular formula is C13H9O3P. The molecule has 0 saturated heterocycles. The molecule has 0 heterocycles. The Bertz CT molecular complexity index is 544. The molecule has 0 fully saturated rings. The maximum atomic E-state index is 12.0. The molecule has 2 aromatic carbocycles. The SMILES string of the molecule is O=Pc1ccc(C(=O)c2ccc(O)cc2)cc1. The van der Waals surface area contributed by atoms with E-state index in [1.54, 1.807) is 36.4 Å². The number of rotatable bonds is 3. The molecule has 0 saturated carbocycles. The fourth-order valence-corrected chi connectivity index (χ4v) is 1.72. The van der Waals surface area contributed by atoms with Gasteiger partial charge in [0.25, 0.3) is 0 Å². The molecule has 0 radical (unpaired) electrons. The van der Waals surface area contributed by atoms with Gasteiger partial charge in [0.2, 0.25) is 0 Å². The first-order valence-corrected chi connectivity index (χ1v) is 5.79. The number of ketones is 1. The van der Waals surface area contributed by atoms with Gasteiger partial charge < -0.3 is 5.11 Å². The summed E-state index contributed by atoms with van der Waals surface area (Å²) >= 11 is 0. The minimum absolute atomic E-state index is 0.0585. The Morgan fingerprint density at radius 2 is 1.35 bits per heavy atom. The summed E-state index contributed by atoms with van der Waals surface area (Å²) in [4.78, 5) is 12.0. The highest BCUT2D eigenvalue weighted by Crippen LogP contribution is 2.14. The van der Waals surface area contributed by atoms with Crippen molar-refractivity contribution in [3.05, 3.63) is 59.7 Å². The van der Waals surface area contributed by atoms with Gasteiger partial charge in [0.05, 0.1) is 0 Å². The number of aromatic hydroxyl groups is 1. The minimum atomic E-state index is -0.126. The van der Waals surface area contributed by atoms with Crippen LogP contribution in [0.5, 0.6) is 5.75 Å². The van der Waals surface area contributed by atoms with Crippen molar-refractivity contribution in [3.63, 3.8) is 0 Å². The Hall–Kier alpha value is -1.99. The zero-order chi connectivity index (χ0) is 12.3. The summed E-state index contributed by atoms with van der Waals surface area (Å²) in [5.41, 5.74) is 1.04. The van der Waals surface area contributed by atoms with Gasteiger partial charge in [0, 0.05) is 16.4 Å². The Morgan fingerprint density at radius 1 is 0.882 bits per heavy atom. The molecule has 0 atom stereocenters. The quantitative estimate of drug-likeness (QED) is 0.666. The van der Waals surface area contributed by atoms with Gasteiger partial charge in [-0.1, -0.05) is 0 Å². The van der Waals surface area contributed by atoms with Gasteiger partial charge >= 0.3 is 0 Å². The number of hydrogen-bond donors (Lipinski definition) is 1. The topological polar surface area (TPSA) is 54.4 Å². The lowest BCUT2D eigenvalue weighted by Crippen LogP contribution is -2.02. The zero-order valence-electron chi connectivity index (χ0n) is 8.83. The standard InChI is InChI=1S/C13H9O3P/c14-11-5-1-9(2-6-11)13(15)10-3-7-12(17-16)8-4-10/h1-8,14H. The second kappa shape index (κ2) is 4.89. The molecule has 0 amide bonds. The second-order valence-electron chi connectivity index (χ2n) is 3.51. The third kappa shape index (κ3) is 2.58. The third-order valence-electron chi connectivity index (χ3n) is 2.36. The normalized spacial score (nSPS) is 10.4. The van der Waals surface area contributed by atoms with Crippen molar-refractivity contribution in [1.82, 2.24) is 0 Å². The maximum Gasteiger partial charge on any atom is 0.193 e. The summed E-state index contributed by atoms with van der Waals surface area (Å²) in [6, 6.07) is 12.6. The highest BCUT2D eigenvalue weighted by atomic mass is 31.1. The lowest BCUT2D eigenvalue weighted by molar-refractivity contribution is 0.103. The Balaban J connectivity index is 2.30. The number of carbonyl (C=O) groups is 1. The van der Waals surface area contributed by atoms with Crippen LogP contribution >= 0.6 is 8.46 Å². The maximum absolute atomic E-state index is 12.0. The lowest BCUT2D eigenvalue weighted by Gasteiger charge is -2.01. The largest absolute Gasteiger partial charge is 0.508 e. The van der Waals surface area contributed by atoms with Crippen LogP contribution in [0.15, 0.2) is 48.5 Å². The van der Waals surface area contributed by atoms with Gasteiger partial charge in [0.1, 0.15) is 5.75 Å². The Kier molecular flexibility index (Phi) is 3.31. The highest BCUT2D eigenvalue weighted by Gasteiger charge is 2.08. The van der Waals surface area contributed by atoms with Crippen molar-refractivity contribution in [2.45, 2.75) is 0 Å². The van der Waals surface area contributed by atoms with Crippen LogP contribution in [0.4, 0.5) is 0 Å². The number of hydrogen-bond acceptors (Lipinski definition) is 3. The first kappa shape index (κ1) is 11.5. The molecule has 0 spiro atoms. The van der Waals surface area contributed by atoms with E-state index in [2.05, 4.69) is 0 Å². The molecule has 0 bridgehead atoms. The first-order chi connectivity index (χ1) is 8.20. The molecule has 0 aromatic heterocycles. The molecule has 1 N–H and O–H groups in total. The van der Waals surface area contributed by atoms with Crippen LogP contribution in [0, 0.1) is 0 Å². The van der Waals surface area contributed by atoms with Crippen LogP contribution < -0.4 is 5.30 Å². The van der Waals surface area contributed by atoms with Crippen molar-refractivity contribution in [2.75, 3.05) is 0 Å². The van der Waals surface area contributed by atoms with E-state index in [1.165, 1.54) is 12.1 Å². The predicted molar refractivity (Wildman–Crippen MR) is 65.2 cm³/mol. The summed E-state index contributed by atoms with van der Waals surface area (Å²) in [6.07, 6.45) is 0. The monoisotopic (exact) mass is 244 g/mol. The van der Waals surface area contributed by atoms with Crippen LogP contribution in [0.3, 0.4) is 0 Å². The number of benzene rings is 2. The van der Waals surface area contributed by atoms with Gasteiger partial charge in [-0.25, -0.2) is 0 Å². The van der Waals surface area contributed by atoms with Gasteiger partial charge in [-0.15, -0.1) is 0 Å². The summed E-state index contributed by atoms with van der Waals surface area (Å²) in [5, 5.41) is 9.76. The average Bonchev–Trinajstić information content (AvgIpc) is 2.39. The molecule has 0 aliphatic carbocycles. The number of phenolic OH excluding ortho intramolecular Hbond substituents is 1. The Morgan fingerprint density at radius 3 is 1.82 bits per heavy atom. The van der Waals surface area contributed by atoms with Gasteiger partial charge in [-0.3, -0.25) is 9.36 Å². The molecule has 0 unspecified atom stereocenters. The molecule has 0 aliphatic heterocycles. The minimum Gasteiger partial charge on any atom is -0.508 e. The van der Waals surface area contributed by atoms with Crippen molar-refractivity contribution in [1.29, 1.82) is 0 Å². The molecule has 84 valence electrons. The van der Waals surface area contributed by atoms with E-state index < -0.39 is 0 Å². The smallest absolute Gasteiger partial charge is 0.193 e. The van der Waals surface area contributed by atoms with E-state index in [0.717, 1.165) is 0 Å². The van der Waals surface area contributed by atoms with E-state index in [-0.39, 0.29) is 20.0 Å². The van der Waals surface area contributed by atoms with Gasteiger partial charge in [-0.2, -0.15) is 0 Å². The second-order valence-corrected chi connectivity index (χ2v) is 4.21. The van der Waals surface area contributed by atoms with Crippen molar-refractivity contribution in [3.8, 4) is 5.75 Å². The van der Waals surface area contributed by atoms with E-state index >= 15 is 0 Å². The van der Waals surface area contributed by atoms with E-state index in [1.807, 2.05) is 0 Å². The fourth-order valence-electron chi connectivity index (χ4n) is 1.45. The average molecular weight is 244 g/mol. The van der Waals surface area contributed by atoms with Gasteiger partial charge in [-0.05, 0) is 48.5 Å². The van der Waals surface area contributed by atoms with Crippen LogP contribution in [0.2, 0.25) is 0 Å². The van der Waals surface area contributed by atoms with Crippen LogP contribution in [0.1, 0.15) is 15.9 Å². The first-order valence-electron chi connectivity index (χ1n) is 4.98. The molecular weight excluding hydrogens is 235 g/mol. The van der Waals surface area contributed by atoms with Crippen molar-refractivity contribution >= 4 is 19.5 Å². The van der Waals surface area contributed by atoms with Crippen molar-refractivity contribution < 1.29 is 14.5 Å². The fraction of sp³-hybridized carbons (Fsp3) is 0. The summed E-state index contributed by atoms with van der Waals surface area (Å²) in [6.45, 7) is 0. The number of carbonyl (C=O) groups excluding carboxylic acids is 1. The zero-order valence-corrected chi connectivity index (χ0v) is 9.72. The van der Waals surface area contributed by atoms with E-state index in [9.17, 15) is 9.36 Å². The van der Waals surface area contributed by atoms with Crippen LogP contribution in [-0.2, 0) is 4.57 Å².